The highest BCUT2D eigenvalue weighted by molar-refractivity contribution is 6.30. The standard InChI is InChI=1S/C16H17ClN4O/c17-13-5-1-4-12(7-13)15-14(10-20-21-15)16(22)19-9-11-3-2-6-18-8-11/h1-8,14-15,20-21H,9-10H2,(H,19,22). The predicted molar refractivity (Wildman–Crippen MR) is 84.9 cm³/mol. The fraction of sp³-hybridized carbons (Fsp3) is 0.250. The van der Waals surface area contributed by atoms with Gasteiger partial charge in [-0.3, -0.25) is 15.2 Å². The van der Waals surface area contributed by atoms with Crippen LogP contribution in [0.1, 0.15) is 17.2 Å². The minimum atomic E-state index is -0.185. The van der Waals surface area contributed by atoms with Crippen molar-refractivity contribution in [2.24, 2.45) is 5.92 Å². The number of hydrogen-bond donors (Lipinski definition) is 3. The minimum Gasteiger partial charge on any atom is -0.352 e. The largest absolute Gasteiger partial charge is 0.352 e. The number of rotatable bonds is 4. The molecule has 0 aliphatic carbocycles. The summed E-state index contributed by atoms with van der Waals surface area (Å²) in [6.07, 6.45) is 3.46. The summed E-state index contributed by atoms with van der Waals surface area (Å²) < 4.78 is 0. The van der Waals surface area contributed by atoms with Gasteiger partial charge in [0.15, 0.2) is 0 Å². The fourth-order valence-electron chi connectivity index (χ4n) is 2.58. The molecule has 1 aromatic carbocycles. The van der Waals surface area contributed by atoms with E-state index in [-0.39, 0.29) is 17.9 Å². The van der Waals surface area contributed by atoms with Crippen LogP contribution in [0.3, 0.4) is 0 Å². The number of hydrazine groups is 1. The van der Waals surface area contributed by atoms with Crippen molar-refractivity contribution in [2.75, 3.05) is 6.54 Å². The van der Waals surface area contributed by atoms with E-state index in [9.17, 15) is 4.79 Å². The average molecular weight is 317 g/mol. The predicted octanol–water partition coefficient (Wildman–Crippen LogP) is 1.82. The van der Waals surface area contributed by atoms with Crippen molar-refractivity contribution in [2.45, 2.75) is 12.6 Å². The second kappa shape index (κ2) is 6.87. The topological polar surface area (TPSA) is 66.0 Å². The minimum absolute atomic E-state index is 0.00586. The number of benzene rings is 1. The van der Waals surface area contributed by atoms with Crippen LogP contribution >= 0.6 is 11.6 Å². The van der Waals surface area contributed by atoms with Crippen molar-refractivity contribution in [1.82, 2.24) is 21.2 Å². The Balaban J connectivity index is 1.66. The molecule has 1 saturated heterocycles. The Morgan fingerprint density at radius 2 is 2.27 bits per heavy atom. The smallest absolute Gasteiger partial charge is 0.226 e. The summed E-state index contributed by atoms with van der Waals surface area (Å²) in [5.41, 5.74) is 8.18. The van der Waals surface area contributed by atoms with Crippen LogP contribution in [-0.2, 0) is 11.3 Å². The first kappa shape index (κ1) is 15.0. The van der Waals surface area contributed by atoms with Crippen LogP contribution in [0.4, 0.5) is 0 Å². The lowest BCUT2D eigenvalue weighted by atomic mass is 9.94. The molecular formula is C16H17ClN4O. The number of aromatic nitrogens is 1. The summed E-state index contributed by atoms with van der Waals surface area (Å²) >= 11 is 6.04. The Kier molecular flexibility index (Phi) is 4.68. The van der Waals surface area contributed by atoms with Crippen molar-refractivity contribution in [1.29, 1.82) is 0 Å². The van der Waals surface area contributed by atoms with Crippen LogP contribution in [0.2, 0.25) is 5.02 Å². The zero-order valence-electron chi connectivity index (χ0n) is 11.9. The van der Waals surface area contributed by atoms with E-state index in [2.05, 4.69) is 21.2 Å². The van der Waals surface area contributed by atoms with Crippen LogP contribution in [0.25, 0.3) is 0 Å². The van der Waals surface area contributed by atoms with Crippen LogP contribution in [0.15, 0.2) is 48.8 Å². The monoisotopic (exact) mass is 316 g/mol. The van der Waals surface area contributed by atoms with Crippen LogP contribution in [0.5, 0.6) is 0 Å². The first-order valence-electron chi connectivity index (χ1n) is 7.14. The van der Waals surface area contributed by atoms with E-state index in [1.54, 1.807) is 12.4 Å². The van der Waals surface area contributed by atoms with Gasteiger partial charge >= 0.3 is 0 Å². The van der Waals surface area contributed by atoms with Crippen molar-refractivity contribution in [3.05, 3.63) is 64.9 Å². The molecule has 1 aliphatic rings. The molecule has 5 nitrogen and oxygen atoms in total. The molecule has 3 N–H and O–H groups in total. The number of carbonyl (C=O) groups is 1. The Hall–Kier alpha value is -1.95. The van der Waals surface area contributed by atoms with E-state index in [1.807, 2.05) is 36.4 Å². The lowest BCUT2D eigenvalue weighted by molar-refractivity contribution is -0.125. The van der Waals surface area contributed by atoms with Crippen molar-refractivity contribution in [3.8, 4) is 0 Å². The van der Waals surface area contributed by atoms with Gasteiger partial charge in [0.25, 0.3) is 0 Å². The third-order valence-corrected chi connectivity index (χ3v) is 3.95. The number of nitrogens with one attached hydrogen (secondary N) is 3. The number of hydrogen-bond acceptors (Lipinski definition) is 4. The maximum Gasteiger partial charge on any atom is 0.226 e. The second-order valence-electron chi connectivity index (χ2n) is 5.24. The molecule has 3 rings (SSSR count). The Morgan fingerprint density at radius 3 is 3.05 bits per heavy atom. The molecule has 2 atom stereocenters. The highest BCUT2D eigenvalue weighted by atomic mass is 35.5. The molecule has 1 fully saturated rings. The quantitative estimate of drug-likeness (QED) is 0.805. The molecule has 6 heteroatoms. The zero-order valence-corrected chi connectivity index (χ0v) is 12.7. The van der Waals surface area contributed by atoms with Gasteiger partial charge < -0.3 is 5.32 Å². The SMILES string of the molecule is O=C(NCc1cccnc1)C1CNNC1c1cccc(Cl)c1. The van der Waals surface area contributed by atoms with Gasteiger partial charge in [0.05, 0.1) is 12.0 Å². The van der Waals surface area contributed by atoms with E-state index >= 15 is 0 Å². The lowest BCUT2D eigenvalue weighted by Crippen LogP contribution is -2.34. The highest BCUT2D eigenvalue weighted by Gasteiger charge is 2.33. The first-order valence-corrected chi connectivity index (χ1v) is 7.52. The van der Waals surface area contributed by atoms with Crippen LogP contribution in [-0.4, -0.2) is 17.4 Å². The maximum absolute atomic E-state index is 12.4. The fourth-order valence-corrected chi connectivity index (χ4v) is 2.78. The average Bonchev–Trinajstić information content (AvgIpc) is 3.03. The Morgan fingerprint density at radius 1 is 1.36 bits per heavy atom. The van der Waals surface area contributed by atoms with Gasteiger partial charge in [-0.2, -0.15) is 0 Å². The molecule has 1 amide bonds. The third kappa shape index (κ3) is 3.44. The summed E-state index contributed by atoms with van der Waals surface area (Å²) in [4.78, 5) is 16.5. The molecule has 2 heterocycles. The molecule has 0 saturated carbocycles. The molecule has 0 radical (unpaired) electrons. The highest BCUT2D eigenvalue weighted by Crippen LogP contribution is 2.26. The first-order chi connectivity index (χ1) is 10.7. The third-order valence-electron chi connectivity index (χ3n) is 3.72. The number of nitrogens with zero attached hydrogens (tertiary/aromatic N) is 1. The van der Waals surface area contributed by atoms with Crippen LogP contribution < -0.4 is 16.2 Å². The van der Waals surface area contributed by atoms with E-state index in [0.29, 0.717) is 18.1 Å². The van der Waals surface area contributed by atoms with Gasteiger partial charge in [-0.05, 0) is 29.3 Å². The number of amides is 1. The van der Waals surface area contributed by atoms with E-state index in [0.717, 1.165) is 11.1 Å². The molecule has 1 aromatic heterocycles. The normalized spacial score (nSPS) is 20.8. The molecule has 0 bridgehead atoms. The van der Waals surface area contributed by atoms with Crippen molar-refractivity contribution in [3.63, 3.8) is 0 Å². The van der Waals surface area contributed by atoms with Gasteiger partial charge in [-0.25, -0.2) is 5.43 Å². The van der Waals surface area contributed by atoms with E-state index in [4.69, 9.17) is 11.6 Å². The van der Waals surface area contributed by atoms with Gasteiger partial charge in [0, 0.05) is 30.5 Å². The van der Waals surface area contributed by atoms with Gasteiger partial charge in [0.1, 0.15) is 0 Å². The lowest BCUT2D eigenvalue weighted by Gasteiger charge is -2.18. The molecule has 2 unspecified atom stereocenters. The number of carbonyl (C=O) groups excluding carboxylic acids is 1. The maximum atomic E-state index is 12.4. The summed E-state index contributed by atoms with van der Waals surface area (Å²) in [6.45, 7) is 1.06. The number of pyridine rings is 1. The summed E-state index contributed by atoms with van der Waals surface area (Å²) in [5.74, 6) is -0.179. The van der Waals surface area contributed by atoms with E-state index < -0.39 is 0 Å². The van der Waals surface area contributed by atoms with Gasteiger partial charge in [-0.15, -0.1) is 0 Å². The molecular weight excluding hydrogens is 300 g/mol. The summed E-state index contributed by atoms with van der Waals surface area (Å²) in [6, 6.07) is 11.3. The Bertz CT molecular complexity index is 650. The summed E-state index contributed by atoms with van der Waals surface area (Å²) in [7, 11) is 0. The van der Waals surface area contributed by atoms with Crippen molar-refractivity contribution >= 4 is 17.5 Å². The Labute approximate surface area is 134 Å². The zero-order chi connectivity index (χ0) is 15.4. The molecule has 2 aromatic rings. The second-order valence-corrected chi connectivity index (χ2v) is 5.68. The molecule has 114 valence electrons. The summed E-state index contributed by atoms with van der Waals surface area (Å²) in [5, 5.41) is 3.63. The van der Waals surface area contributed by atoms with Gasteiger partial charge in [0.2, 0.25) is 5.91 Å². The van der Waals surface area contributed by atoms with E-state index in [1.165, 1.54) is 0 Å². The molecule has 1 aliphatic heterocycles. The van der Waals surface area contributed by atoms with Crippen molar-refractivity contribution < 1.29 is 4.79 Å². The van der Waals surface area contributed by atoms with Crippen LogP contribution in [0, 0.1) is 5.92 Å². The molecule has 22 heavy (non-hydrogen) atoms. The molecule has 0 spiro atoms. The number of halogens is 1. The van der Waals surface area contributed by atoms with Gasteiger partial charge in [-0.1, -0.05) is 29.8 Å².